The van der Waals surface area contributed by atoms with E-state index in [1.807, 2.05) is 6.92 Å². The van der Waals surface area contributed by atoms with Crippen molar-refractivity contribution in [2.45, 2.75) is 32.2 Å². The van der Waals surface area contributed by atoms with Crippen molar-refractivity contribution in [3.63, 3.8) is 0 Å². The van der Waals surface area contributed by atoms with Crippen molar-refractivity contribution < 1.29 is 4.52 Å². The molecule has 1 aromatic heterocycles. The van der Waals surface area contributed by atoms with Crippen molar-refractivity contribution in [1.82, 2.24) is 10.1 Å². The summed E-state index contributed by atoms with van der Waals surface area (Å²) in [5.74, 6) is 1.19. The molecule has 0 spiro atoms. The van der Waals surface area contributed by atoms with Gasteiger partial charge in [0.1, 0.15) is 0 Å². The van der Waals surface area contributed by atoms with E-state index in [0.717, 1.165) is 24.9 Å². The van der Waals surface area contributed by atoms with Gasteiger partial charge in [-0.2, -0.15) is 4.98 Å². The topological polar surface area (TPSA) is 68.2 Å². The number of nitrogens with zero attached hydrogens (tertiary/aromatic N) is 3. The maximum absolute atomic E-state index is 6.25. The molecule has 0 fully saturated rings. The molecule has 1 aromatic carbocycles. The van der Waals surface area contributed by atoms with Gasteiger partial charge in [-0.15, -0.1) is 0 Å². The molecule has 0 aliphatic carbocycles. The van der Waals surface area contributed by atoms with E-state index in [4.69, 9.17) is 10.3 Å². The molecule has 5 heteroatoms. The Morgan fingerprint density at radius 2 is 2.30 bits per heavy atom. The molecule has 0 radical (unpaired) electrons. The highest BCUT2D eigenvalue weighted by Crippen LogP contribution is 2.29. The van der Waals surface area contributed by atoms with Gasteiger partial charge in [0.05, 0.1) is 6.04 Å². The number of rotatable bonds is 3. The van der Waals surface area contributed by atoms with Crippen LogP contribution in [0.5, 0.6) is 0 Å². The van der Waals surface area contributed by atoms with Crippen LogP contribution in [0.2, 0.25) is 0 Å². The molecular formula is C15H20N4O. The Balaban J connectivity index is 1.90. The molecule has 0 amide bonds. The van der Waals surface area contributed by atoms with Crippen molar-refractivity contribution >= 4 is 5.69 Å². The van der Waals surface area contributed by atoms with Gasteiger partial charge in [-0.25, -0.2) is 0 Å². The van der Waals surface area contributed by atoms with Gasteiger partial charge < -0.3 is 15.2 Å². The van der Waals surface area contributed by atoms with Gasteiger partial charge in [-0.3, -0.25) is 0 Å². The quantitative estimate of drug-likeness (QED) is 0.926. The highest BCUT2D eigenvalue weighted by molar-refractivity contribution is 5.56. The van der Waals surface area contributed by atoms with Crippen LogP contribution in [0.15, 0.2) is 22.7 Å². The minimum absolute atomic E-state index is 0.323. The summed E-state index contributed by atoms with van der Waals surface area (Å²) in [6.07, 6.45) is 3.02. The molecule has 3 rings (SSSR count). The average molecular weight is 272 g/mol. The fourth-order valence-corrected chi connectivity index (χ4v) is 2.69. The molecule has 0 saturated heterocycles. The number of anilines is 1. The first-order valence-electron chi connectivity index (χ1n) is 7.11. The fraction of sp³-hybridized carbons (Fsp3) is 0.467. The predicted molar refractivity (Wildman–Crippen MR) is 77.7 cm³/mol. The van der Waals surface area contributed by atoms with Gasteiger partial charge in [0.15, 0.2) is 5.82 Å². The lowest BCUT2D eigenvalue weighted by Gasteiger charge is -2.28. The lowest BCUT2D eigenvalue weighted by Crippen LogP contribution is -2.25. The molecule has 2 N–H and O–H groups in total. The second kappa shape index (κ2) is 5.25. The van der Waals surface area contributed by atoms with Gasteiger partial charge in [-0.05, 0) is 30.0 Å². The first-order chi connectivity index (χ1) is 9.69. The van der Waals surface area contributed by atoms with Crippen LogP contribution in [0.25, 0.3) is 0 Å². The molecule has 5 nitrogen and oxygen atoms in total. The van der Waals surface area contributed by atoms with Crippen molar-refractivity contribution in [3.8, 4) is 0 Å². The van der Waals surface area contributed by atoms with Crippen LogP contribution >= 0.6 is 0 Å². The van der Waals surface area contributed by atoms with Gasteiger partial charge in [0.25, 0.3) is 0 Å². The van der Waals surface area contributed by atoms with Crippen LogP contribution in [0, 0.1) is 0 Å². The smallest absolute Gasteiger partial charge is 0.226 e. The highest BCUT2D eigenvalue weighted by atomic mass is 16.5. The van der Waals surface area contributed by atoms with Gasteiger partial charge in [0, 0.05) is 25.7 Å². The highest BCUT2D eigenvalue weighted by Gasteiger charge is 2.19. The Hall–Kier alpha value is -1.88. The normalized spacial score (nSPS) is 16.1. The minimum Gasteiger partial charge on any atom is -0.374 e. The van der Waals surface area contributed by atoms with Gasteiger partial charge >= 0.3 is 0 Å². The van der Waals surface area contributed by atoms with Crippen molar-refractivity contribution in [3.05, 3.63) is 41.0 Å². The Morgan fingerprint density at radius 3 is 3.05 bits per heavy atom. The van der Waals surface area contributed by atoms with Crippen LogP contribution in [0.4, 0.5) is 5.69 Å². The molecule has 1 unspecified atom stereocenters. The van der Waals surface area contributed by atoms with E-state index in [0.29, 0.717) is 11.7 Å². The SMILES string of the molecule is CCc1nc(C(N)c2ccc3c(c2)CCCN3C)no1. The van der Waals surface area contributed by atoms with Crippen molar-refractivity contribution in [2.24, 2.45) is 5.73 Å². The third-order valence-electron chi connectivity index (χ3n) is 3.88. The molecule has 2 heterocycles. The first-order valence-corrected chi connectivity index (χ1v) is 7.11. The minimum atomic E-state index is -0.323. The molecule has 0 bridgehead atoms. The number of benzene rings is 1. The summed E-state index contributed by atoms with van der Waals surface area (Å²) in [5.41, 5.74) is 9.95. The van der Waals surface area contributed by atoms with Crippen LogP contribution < -0.4 is 10.6 Å². The van der Waals surface area contributed by atoms with E-state index in [1.165, 1.54) is 17.7 Å². The van der Waals surface area contributed by atoms with E-state index >= 15 is 0 Å². The molecule has 0 saturated carbocycles. The summed E-state index contributed by atoms with van der Waals surface area (Å²) in [6, 6.07) is 6.06. The van der Waals surface area contributed by atoms with E-state index in [1.54, 1.807) is 0 Å². The Morgan fingerprint density at radius 1 is 1.45 bits per heavy atom. The second-order valence-corrected chi connectivity index (χ2v) is 5.29. The van der Waals surface area contributed by atoms with E-state index < -0.39 is 0 Å². The van der Waals surface area contributed by atoms with Crippen molar-refractivity contribution in [2.75, 3.05) is 18.5 Å². The Labute approximate surface area is 118 Å². The summed E-state index contributed by atoms with van der Waals surface area (Å²) < 4.78 is 5.14. The summed E-state index contributed by atoms with van der Waals surface area (Å²) >= 11 is 0. The number of aromatic nitrogens is 2. The zero-order valence-corrected chi connectivity index (χ0v) is 12.0. The van der Waals surface area contributed by atoms with E-state index in [-0.39, 0.29) is 6.04 Å². The fourth-order valence-electron chi connectivity index (χ4n) is 2.69. The predicted octanol–water partition coefficient (Wildman–Crippen LogP) is 2.06. The first kappa shape index (κ1) is 13.1. The molecule has 20 heavy (non-hydrogen) atoms. The number of nitrogens with two attached hydrogens (primary N) is 1. The van der Waals surface area contributed by atoms with Crippen LogP contribution in [0.3, 0.4) is 0 Å². The molecule has 1 aliphatic rings. The molecular weight excluding hydrogens is 252 g/mol. The van der Waals surface area contributed by atoms with Gasteiger partial charge in [0.2, 0.25) is 5.89 Å². The third kappa shape index (κ3) is 2.29. The summed E-state index contributed by atoms with van der Waals surface area (Å²) in [5, 5.41) is 3.97. The number of fused-ring (bicyclic) bond motifs is 1. The number of hydrogen-bond donors (Lipinski definition) is 1. The third-order valence-corrected chi connectivity index (χ3v) is 3.88. The largest absolute Gasteiger partial charge is 0.374 e. The molecule has 1 atom stereocenters. The standard InChI is InChI=1S/C15H20N4O/c1-3-13-17-15(18-20-13)14(16)11-6-7-12-10(9-11)5-4-8-19(12)2/h6-7,9,14H,3-5,8,16H2,1-2H3. The van der Waals surface area contributed by atoms with Crippen LogP contribution in [-0.4, -0.2) is 23.7 Å². The molecule has 2 aromatic rings. The number of hydrogen-bond acceptors (Lipinski definition) is 5. The summed E-state index contributed by atoms with van der Waals surface area (Å²) in [4.78, 5) is 6.61. The summed E-state index contributed by atoms with van der Waals surface area (Å²) in [6.45, 7) is 3.10. The molecule has 1 aliphatic heterocycles. The zero-order chi connectivity index (χ0) is 14.1. The van der Waals surface area contributed by atoms with Crippen molar-refractivity contribution in [1.29, 1.82) is 0 Å². The average Bonchev–Trinajstić information content (AvgIpc) is 2.95. The second-order valence-electron chi connectivity index (χ2n) is 5.29. The van der Waals surface area contributed by atoms with E-state index in [2.05, 4.69) is 40.3 Å². The lowest BCUT2D eigenvalue weighted by atomic mass is 9.97. The maximum Gasteiger partial charge on any atom is 0.226 e. The molecule has 106 valence electrons. The van der Waals surface area contributed by atoms with E-state index in [9.17, 15) is 0 Å². The zero-order valence-electron chi connectivity index (χ0n) is 12.0. The number of aryl methyl sites for hydroxylation is 2. The maximum atomic E-state index is 6.25. The Kier molecular flexibility index (Phi) is 3.44. The Bertz CT molecular complexity index is 608. The van der Waals surface area contributed by atoms with Crippen LogP contribution in [0.1, 0.15) is 42.2 Å². The monoisotopic (exact) mass is 272 g/mol. The lowest BCUT2D eigenvalue weighted by molar-refractivity contribution is 0.375. The summed E-state index contributed by atoms with van der Waals surface area (Å²) in [7, 11) is 2.13. The van der Waals surface area contributed by atoms with Crippen LogP contribution in [-0.2, 0) is 12.8 Å². The van der Waals surface area contributed by atoms with Gasteiger partial charge in [-0.1, -0.05) is 24.2 Å².